The molecule has 0 spiro atoms. The van der Waals surface area contributed by atoms with Crippen LogP contribution in [0.15, 0.2) is 48.5 Å². The molecule has 0 aromatic heterocycles. The number of non-ortho nitro benzene ring substituents is 2. The van der Waals surface area contributed by atoms with Gasteiger partial charge in [0.1, 0.15) is 6.54 Å². The lowest BCUT2D eigenvalue weighted by molar-refractivity contribution is -0.394. The van der Waals surface area contributed by atoms with Crippen molar-refractivity contribution >= 4 is 28.9 Å². The highest BCUT2D eigenvalue weighted by Gasteiger charge is 2.25. The van der Waals surface area contributed by atoms with Crippen molar-refractivity contribution in [2.24, 2.45) is 5.73 Å². The maximum atomic E-state index is 12.9. The van der Waals surface area contributed by atoms with Gasteiger partial charge in [0.05, 0.1) is 27.2 Å². The molecule has 2 amide bonds. The average molecular weight is 456 g/mol. The lowest BCUT2D eigenvalue weighted by atomic mass is 9.91. The molecule has 0 heterocycles. The Balaban J connectivity index is 1.81. The second-order valence-electron chi connectivity index (χ2n) is 7.74. The van der Waals surface area contributed by atoms with Crippen molar-refractivity contribution in [1.82, 2.24) is 10.7 Å². The van der Waals surface area contributed by atoms with E-state index in [1.54, 1.807) is 30.3 Å². The molecule has 2 unspecified atom stereocenters. The van der Waals surface area contributed by atoms with Crippen molar-refractivity contribution < 1.29 is 19.4 Å². The van der Waals surface area contributed by atoms with Gasteiger partial charge in [-0.1, -0.05) is 31.0 Å². The molecule has 12 nitrogen and oxygen atoms in total. The Labute approximate surface area is 189 Å². The van der Waals surface area contributed by atoms with Crippen LogP contribution < -0.4 is 21.5 Å². The normalized spacial score (nSPS) is 17.6. The van der Waals surface area contributed by atoms with Crippen LogP contribution in [0.5, 0.6) is 0 Å². The minimum atomic E-state index is -0.840. The minimum absolute atomic E-state index is 0.145. The number of hydrogen-bond acceptors (Lipinski definition) is 8. The predicted molar refractivity (Wildman–Crippen MR) is 119 cm³/mol. The number of hydrazine groups is 1. The van der Waals surface area contributed by atoms with Gasteiger partial charge in [0.15, 0.2) is 0 Å². The Hall–Kier alpha value is -4.06. The molecule has 3 rings (SSSR count). The number of nitrogens with one attached hydrogen (secondary N) is 2. The molecule has 0 saturated heterocycles. The monoisotopic (exact) mass is 456 g/mol. The highest BCUT2D eigenvalue weighted by Crippen LogP contribution is 2.23. The second-order valence-corrected chi connectivity index (χ2v) is 7.74. The first kappa shape index (κ1) is 23.6. The molecule has 0 radical (unpaired) electrons. The first-order chi connectivity index (χ1) is 15.7. The van der Waals surface area contributed by atoms with Gasteiger partial charge >= 0.3 is 0 Å². The fraction of sp³-hybridized carbons (Fsp3) is 0.333. The quantitative estimate of drug-likeness (QED) is 0.399. The standard InChI is InChI=1S/C21H24N6O6/c22-18-8-4-5-9-19(18)23-20(28)13-25(15-6-2-1-3-7-15)24-21(29)14-10-16(26(30)31)12-17(11-14)27(32)33/h1-3,6-7,10-12,18-19H,4-5,8-9,13,22H2,(H,23,28)(H,24,29). The zero-order valence-corrected chi connectivity index (χ0v) is 17.7. The van der Waals surface area contributed by atoms with Gasteiger partial charge in [0, 0.05) is 24.2 Å². The van der Waals surface area contributed by atoms with E-state index in [0.717, 1.165) is 43.9 Å². The van der Waals surface area contributed by atoms with Crippen molar-refractivity contribution in [3.63, 3.8) is 0 Å². The molecule has 0 aliphatic heterocycles. The van der Waals surface area contributed by atoms with Crippen LogP contribution in [0, 0.1) is 20.2 Å². The van der Waals surface area contributed by atoms with Gasteiger partial charge in [-0.15, -0.1) is 0 Å². The molecule has 0 bridgehead atoms. The van der Waals surface area contributed by atoms with Gasteiger partial charge in [-0.2, -0.15) is 0 Å². The number of nitro groups is 2. The van der Waals surface area contributed by atoms with E-state index >= 15 is 0 Å². The summed E-state index contributed by atoms with van der Waals surface area (Å²) < 4.78 is 0. The Kier molecular flexibility index (Phi) is 7.51. The summed E-state index contributed by atoms with van der Waals surface area (Å²) in [5, 5.41) is 26.4. The van der Waals surface area contributed by atoms with E-state index < -0.39 is 27.1 Å². The van der Waals surface area contributed by atoms with E-state index in [-0.39, 0.29) is 30.1 Å². The molecule has 12 heteroatoms. The van der Waals surface area contributed by atoms with E-state index in [1.165, 1.54) is 5.01 Å². The SMILES string of the molecule is NC1CCCCC1NC(=O)CN(NC(=O)c1cc([N+](=O)[O-])cc([N+](=O)[O-])c1)c1ccccc1. The number of carbonyl (C=O) groups is 2. The number of carbonyl (C=O) groups excluding carboxylic acids is 2. The summed E-state index contributed by atoms with van der Waals surface area (Å²) in [6, 6.07) is 10.8. The van der Waals surface area contributed by atoms with Gasteiger partial charge in [-0.25, -0.2) is 0 Å². The highest BCUT2D eigenvalue weighted by atomic mass is 16.6. The Morgan fingerprint density at radius 1 is 1.00 bits per heavy atom. The lowest BCUT2D eigenvalue weighted by Crippen LogP contribution is -2.54. The Morgan fingerprint density at radius 3 is 2.18 bits per heavy atom. The zero-order chi connectivity index (χ0) is 24.0. The molecule has 1 aliphatic carbocycles. The van der Waals surface area contributed by atoms with E-state index in [9.17, 15) is 29.8 Å². The summed E-state index contributed by atoms with van der Waals surface area (Å²) in [7, 11) is 0. The van der Waals surface area contributed by atoms with Crippen LogP contribution in [0.1, 0.15) is 36.0 Å². The number of amides is 2. The fourth-order valence-electron chi connectivity index (χ4n) is 3.66. The largest absolute Gasteiger partial charge is 0.350 e. The maximum Gasteiger partial charge on any atom is 0.277 e. The third-order valence-corrected chi connectivity index (χ3v) is 5.36. The Morgan fingerprint density at radius 2 is 1.61 bits per heavy atom. The van der Waals surface area contributed by atoms with Crippen LogP contribution in [0.25, 0.3) is 0 Å². The van der Waals surface area contributed by atoms with Crippen molar-refractivity contribution in [3.8, 4) is 0 Å². The third-order valence-electron chi connectivity index (χ3n) is 5.36. The van der Waals surface area contributed by atoms with Crippen LogP contribution in [-0.4, -0.2) is 40.3 Å². The topological polar surface area (TPSA) is 174 Å². The van der Waals surface area contributed by atoms with Gasteiger partial charge in [0.25, 0.3) is 17.3 Å². The first-order valence-electron chi connectivity index (χ1n) is 10.4. The predicted octanol–water partition coefficient (Wildman–Crippen LogP) is 2.04. The smallest absolute Gasteiger partial charge is 0.277 e. The molecule has 33 heavy (non-hydrogen) atoms. The molecule has 2 aromatic carbocycles. The molecule has 2 aromatic rings. The summed E-state index contributed by atoms with van der Waals surface area (Å²) in [6.45, 7) is -0.254. The minimum Gasteiger partial charge on any atom is -0.350 e. The number of nitrogens with zero attached hydrogens (tertiary/aromatic N) is 3. The van der Waals surface area contributed by atoms with Crippen molar-refractivity contribution in [1.29, 1.82) is 0 Å². The summed E-state index contributed by atoms with van der Waals surface area (Å²) in [5.74, 6) is -1.21. The summed E-state index contributed by atoms with van der Waals surface area (Å²) in [4.78, 5) is 46.2. The second kappa shape index (κ2) is 10.5. The number of nitro benzene ring substituents is 2. The van der Waals surface area contributed by atoms with E-state index in [0.29, 0.717) is 5.69 Å². The zero-order valence-electron chi connectivity index (χ0n) is 17.7. The van der Waals surface area contributed by atoms with Crippen molar-refractivity contribution in [3.05, 3.63) is 74.3 Å². The molecule has 1 fully saturated rings. The number of rotatable bonds is 8. The van der Waals surface area contributed by atoms with E-state index in [4.69, 9.17) is 5.73 Å². The van der Waals surface area contributed by atoms with Crippen LogP contribution in [-0.2, 0) is 4.79 Å². The molecule has 1 aliphatic rings. The van der Waals surface area contributed by atoms with Crippen LogP contribution in [0.3, 0.4) is 0 Å². The number of hydrogen-bond donors (Lipinski definition) is 3. The third kappa shape index (κ3) is 6.23. The first-order valence-corrected chi connectivity index (χ1v) is 10.4. The van der Waals surface area contributed by atoms with Gasteiger partial charge in [-0.05, 0) is 25.0 Å². The maximum absolute atomic E-state index is 12.9. The van der Waals surface area contributed by atoms with Crippen molar-refractivity contribution in [2.75, 3.05) is 11.6 Å². The highest BCUT2D eigenvalue weighted by molar-refractivity contribution is 5.97. The van der Waals surface area contributed by atoms with Gasteiger partial charge in [0.2, 0.25) is 5.91 Å². The summed E-state index contributed by atoms with van der Waals surface area (Å²) in [5.41, 5.74) is 7.62. The van der Waals surface area contributed by atoms with Gasteiger partial charge < -0.3 is 11.1 Å². The number of nitrogens with two attached hydrogens (primary N) is 1. The van der Waals surface area contributed by atoms with Gasteiger partial charge in [-0.3, -0.25) is 40.3 Å². The number of benzene rings is 2. The fourth-order valence-corrected chi connectivity index (χ4v) is 3.66. The number of para-hydroxylation sites is 1. The molecule has 174 valence electrons. The van der Waals surface area contributed by atoms with E-state index in [2.05, 4.69) is 10.7 Å². The summed E-state index contributed by atoms with van der Waals surface area (Å²) in [6.07, 6.45) is 3.55. The van der Waals surface area contributed by atoms with Crippen molar-refractivity contribution in [2.45, 2.75) is 37.8 Å². The van der Waals surface area contributed by atoms with Crippen LogP contribution in [0.2, 0.25) is 0 Å². The summed E-state index contributed by atoms with van der Waals surface area (Å²) >= 11 is 0. The Bertz CT molecular complexity index is 1010. The molecular weight excluding hydrogens is 432 g/mol. The molecule has 1 saturated carbocycles. The molecule has 2 atom stereocenters. The molecule has 4 N–H and O–H groups in total. The number of anilines is 1. The van der Waals surface area contributed by atoms with E-state index in [1.807, 2.05) is 0 Å². The average Bonchev–Trinajstić information content (AvgIpc) is 2.80. The van der Waals surface area contributed by atoms with Crippen LogP contribution in [0.4, 0.5) is 17.1 Å². The lowest BCUT2D eigenvalue weighted by Gasteiger charge is -2.31. The molecular formula is C21H24N6O6. The van der Waals surface area contributed by atoms with Crippen LogP contribution >= 0.6 is 0 Å².